The SMILES string of the molecule is CC(C)=CC(=O)O[C@H]1[C@@H]2[C@H](OC(=O)[C@H]2C)[C@H](O)[C@@H](C)[C@@H]2C=CC(=O)[C@@]21C. The number of aliphatic hydroxyl groups excluding tert-OH is 1. The monoisotopic (exact) mass is 362 g/mol. The lowest BCUT2D eigenvalue weighted by atomic mass is 9.66. The molecule has 1 N–H and O–H groups in total. The lowest BCUT2D eigenvalue weighted by Gasteiger charge is -2.40. The predicted molar refractivity (Wildman–Crippen MR) is 92.8 cm³/mol. The smallest absolute Gasteiger partial charge is 0.330 e. The van der Waals surface area contributed by atoms with Crippen LogP contribution in [0.2, 0.25) is 0 Å². The molecule has 1 aliphatic heterocycles. The van der Waals surface area contributed by atoms with Crippen LogP contribution in [0.3, 0.4) is 0 Å². The number of hydrogen-bond acceptors (Lipinski definition) is 6. The number of ketones is 1. The van der Waals surface area contributed by atoms with Crippen LogP contribution < -0.4 is 0 Å². The molecular formula is C20H26O6. The van der Waals surface area contributed by atoms with Gasteiger partial charge in [0, 0.05) is 12.0 Å². The zero-order valence-corrected chi connectivity index (χ0v) is 15.8. The second-order valence-electron chi connectivity index (χ2n) is 8.23. The van der Waals surface area contributed by atoms with Crippen LogP contribution in [0.15, 0.2) is 23.8 Å². The largest absolute Gasteiger partial charge is 0.459 e. The molecule has 0 aromatic carbocycles. The molecule has 0 unspecified atom stereocenters. The predicted octanol–water partition coefficient (Wildman–Crippen LogP) is 1.81. The summed E-state index contributed by atoms with van der Waals surface area (Å²) in [5.74, 6) is -2.90. The molecule has 2 aliphatic carbocycles. The van der Waals surface area contributed by atoms with E-state index in [1.807, 2.05) is 6.92 Å². The van der Waals surface area contributed by atoms with Crippen LogP contribution in [0, 0.1) is 29.1 Å². The highest BCUT2D eigenvalue weighted by atomic mass is 16.6. The molecule has 6 nitrogen and oxygen atoms in total. The number of fused-ring (bicyclic) bond motifs is 2. The summed E-state index contributed by atoms with van der Waals surface area (Å²) in [7, 11) is 0. The van der Waals surface area contributed by atoms with Crippen LogP contribution in [0.5, 0.6) is 0 Å². The van der Waals surface area contributed by atoms with Crippen molar-refractivity contribution in [3.63, 3.8) is 0 Å². The molecule has 0 spiro atoms. The maximum absolute atomic E-state index is 12.8. The third-order valence-corrected chi connectivity index (χ3v) is 6.29. The molecule has 1 saturated carbocycles. The van der Waals surface area contributed by atoms with Crippen LogP contribution >= 0.6 is 0 Å². The Bertz CT molecular complexity index is 703. The van der Waals surface area contributed by atoms with Crippen LogP contribution in [0.25, 0.3) is 0 Å². The fourth-order valence-electron chi connectivity index (χ4n) is 4.79. The molecule has 1 saturated heterocycles. The first-order valence-corrected chi connectivity index (χ1v) is 9.05. The second kappa shape index (κ2) is 6.34. The number of carbonyl (C=O) groups excluding carboxylic acids is 3. The molecule has 3 rings (SSSR count). The van der Waals surface area contributed by atoms with Gasteiger partial charge in [0.1, 0.15) is 12.2 Å². The summed E-state index contributed by atoms with van der Waals surface area (Å²) in [5.41, 5.74) is -0.259. The molecule has 26 heavy (non-hydrogen) atoms. The van der Waals surface area contributed by atoms with E-state index in [1.54, 1.807) is 33.8 Å². The van der Waals surface area contributed by atoms with Crippen molar-refractivity contribution in [2.24, 2.45) is 29.1 Å². The van der Waals surface area contributed by atoms with Gasteiger partial charge in [-0.15, -0.1) is 0 Å². The zero-order valence-electron chi connectivity index (χ0n) is 15.8. The van der Waals surface area contributed by atoms with Crippen molar-refractivity contribution in [1.29, 1.82) is 0 Å². The number of rotatable bonds is 2. The third-order valence-electron chi connectivity index (χ3n) is 6.29. The lowest BCUT2D eigenvalue weighted by molar-refractivity contribution is -0.162. The Morgan fingerprint density at radius 2 is 1.96 bits per heavy atom. The van der Waals surface area contributed by atoms with Gasteiger partial charge in [-0.1, -0.05) is 25.5 Å². The van der Waals surface area contributed by atoms with Gasteiger partial charge in [0.05, 0.1) is 17.4 Å². The summed E-state index contributed by atoms with van der Waals surface area (Å²) in [4.78, 5) is 37.4. The Balaban J connectivity index is 2.11. The average molecular weight is 362 g/mol. The first kappa shape index (κ1) is 18.8. The Morgan fingerprint density at radius 1 is 1.31 bits per heavy atom. The van der Waals surface area contributed by atoms with Crippen LogP contribution in [-0.4, -0.2) is 41.1 Å². The van der Waals surface area contributed by atoms with Crippen molar-refractivity contribution in [2.45, 2.75) is 52.9 Å². The van der Waals surface area contributed by atoms with Gasteiger partial charge in [-0.25, -0.2) is 4.79 Å². The number of carbonyl (C=O) groups is 3. The standard InChI is InChI=1S/C20H26O6/c1-9(2)8-14(22)25-18-15-11(4)19(24)26-17(15)16(23)10(3)12-6-7-13(21)20(12,18)5/h6-8,10-12,15-18,23H,1-5H3/t10-,11-,12-,15-,16+,17-,18-,20+/m0/s1. The van der Waals surface area contributed by atoms with Crippen molar-refractivity contribution in [2.75, 3.05) is 0 Å². The topological polar surface area (TPSA) is 89.9 Å². The first-order valence-electron chi connectivity index (χ1n) is 9.05. The van der Waals surface area contributed by atoms with Gasteiger partial charge < -0.3 is 14.6 Å². The second-order valence-corrected chi connectivity index (χ2v) is 8.23. The van der Waals surface area contributed by atoms with Gasteiger partial charge in [0.15, 0.2) is 5.78 Å². The zero-order chi connectivity index (χ0) is 19.4. The summed E-state index contributed by atoms with van der Waals surface area (Å²) in [6, 6.07) is 0. The first-order chi connectivity index (χ1) is 12.1. The maximum atomic E-state index is 12.8. The molecule has 8 atom stereocenters. The fourth-order valence-corrected chi connectivity index (χ4v) is 4.79. The molecule has 1 heterocycles. The molecule has 3 aliphatic rings. The van der Waals surface area contributed by atoms with E-state index in [4.69, 9.17) is 9.47 Å². The van der Waals surface area contributed by atoms with Gasteiger partial charge >= 0.3 is 11.9 Å². The number of allylic oxidation sites excluding steroid dienone is 3. The Morgan fingerprint density at radius 3 is 2.58 bits per heavy atom. The van der Waals surface area contributed by atoms with E-state index in [9.17, 15) is 19.5 Å². The van der Waals surface area contributed by atoms with Crippen molar-refractivity contribution < 1.29 is 29.0 Å². The molecule has 0 aromatic rings. The van der Waals surface area contributed by atoms with E-state index < -0.39 is 47.5 Å². The molecule has 0 bridgehead atoms. The van der Waals surface area contributed by atoms with Crippen molar-refractivity contribution in [3.8, 4) is 0 Å². The summed E-state index contributed by atoms with van der Waals surface area (Å²) < 4.78 is 11.2. The number of aliphatic hydroxyl groups is 1. The van der Waals surface area contributed by atoms with Gasteiger partial charge in [-0.2, -0.15) is 0 Å². The molecule has 142 valence electrons. The molecule has 2 fully saturated rings. The van der Waals surface area contributed by atoms with Crippen molar-refractivity contribution in [3.05, 3.63) is 23.8 Å². The van der Waals surface area contributed by atoms with Crippen LogP contribution in [0.1, 0.15) is 34.6 Å². The van der Waals surface area contributed by atoms with Gasteiger partial charge in [-0.05, 0) is 38.7 Å². The minimum absolute atomic E-state index is 0.149. The van der Waals surface area contributed by atoms with Gasteiger partial charge in [0.2, 0.25) is 0 Å². The minimum atomic E-state index is -1.03. The van der Waals surface area contributed by atoms with E-state index >= 15 is 0 Å². The molecule has 0 amide bonds. The summed E-state index contributed by atoms with van der Waals surface area (Å²) in [6.07, 6.45) is 2.07. The van der Waals surface area contributed by atoms with Crippen LogP contribution in [-0.2, 0) is 23.9 Å². The van der Waals surface area contributed by atoms with Crippen molar-refractivity contribution in [1.82, 2.24) is 0 Å². The highest BCUT2D eigenvalue weighted by Gasteiger charge is 2.65. The summed E-state index contributed by atoms with van der Waals surface area (Å²) in [6.45, 7) is 8.86. The third kappa shape index (κ3) is 2.62. The quantitative estimate of drug-likeness (QED) is 0.595. The maximum Gasteiger partial charge on any atom is 0.330 e. The van der Waals surface area contributed by atoms with Crippen molar-refractivity contribution >= 4 is 17.7 Å². The molecular weight excluding hydrogens is 336 g/mol. The number of hydrogen-bond donors (Lipinski definition) is 1. The normalized spacial score (nSPS) is 44.0. The fraction of sp³-hybridized carbons (Fsp3) is 0.650. The molecule has 0 aromatic heterocycles. The minimum Gasteiger partial charge on any atom is -0.459 e. The highest BCUT2D eigenvalue weighted by molar-refractivity contribution is 5.98. The molecule has 6 heteroatoms. The van der Waals surface area contributed by atoms with E-state index in [0.717, 1.165) is 5.57 Å². The van der Waals surface area contributed by atoms with E-state index in [2.05, 4.69) is 0 Å². The van der Waals surface area contributed by atoms with E-state index in [1.165, 1.54) is 12.2 Å². The Kier molecular flexibility index (Phi) is 4.59. The molecule has 0 radical (unpaired) electrons. The number of ether oxygens (including phenoxy) is 2. The summed E-state index contributed by atoms with van der Waals surface area (Å²) in [5, 5.41) is 10.8. The Hall–Kier alpha value is -1.95. The number of esters is 2. The van der Waals surface area contributed by atoms with Gasteiger partial charge in [-0.3, -0.25) is 9.59 Å². The Labute approximate surface area is 153 Å². The average Bonchev–Trinajstić information content (AvgIpc) is 2.99. The van der Waals surface area contributed by atoms with E-state index in [0.29, 0.717) is 0 Å². The summed E-state index contributed by atoms with van der Waals surface area (Å²) >= 11 is 0. The van der Waals surface area contributed by atoms with Gasteiger partial charge in [0.25, 0.3) is 0 Å². The van der Waals surface area contributed by atoms with E-state index in [-0.39, 0.29) is 17.6 Å². The lowest BCUT2D eigenvalue weighted by Crippen LogP contribution is -2.50. The van der Waals surface area contributed by atoms with Crippen LogP contribution in [0.4, 0.5) is 0 Å². The highest BCUT2D eigenvalue weighted by Crippen LogP contribution is 2.54.